The number of rotatable bonds is 6. The summed E-state index contributed by atoms with van der Waals surface area (Å²) in [5, 5.41) is 3.61. The Balaban J connectivity index is 1.74. The molecule has 0 saturated heterocycles. The van der Waals surface area contributed by atoms with Gasteiger partial charge in [-0.25, -0.2) is 0 Å². The molecule has 0 saturated carbocycles. The number of halogens is 2. The van der Waals surface area contributed by atoms with Gasteiger partial charge in [0.05, 0.1) is 10.6 Å². The van der Waals surface area contributed by atoms with Crippen LogP contribution in [0.15, 0.2) is 42.5 Å². The largest absolute Gasteiger partial charge is 0.340 e. The monoisotopic (exact) mass is 436 g/mol. The van der Waals surface area contributed by atoms with Crippen molar-refractivity contribution in [3.63, 3.8) is 0 Å². The summed E-state index contributed by atoms with van der Waals surface area (Å²) >= 11 is 13.7. The Morgan fingerprint density at radius 2 is 1.93 bits per heavy atom. The smallest absolute Gasteiger partial charge is 0.253 e. The summed E-state index contributed by atoms with van der Waals surface area (Å²) in [7, 11) is 0. The quantitative estimate of drug-likeness (QED) is 0.728. The van der Waals surface area contributed by atoms with Crippen LogP contribution in [0, 0.1) is 0 Å². The van der Waals surface area contributed by atoms with Crippen molar-refractivity contribution >= 4 is 46.8 Å². The van der Waals surface area contributed by atoms with Gasteiger partial charge in [-0.2, -0.15) is 11.8 Å². The van der Waals surface area contributed by atoms with E-state index in [1.54, 1.807) is 23.9 Å². The van der Waals surface area contributed by atoms with Gasteiger partial charge >= 0.3 is 0 Å². The van der Waals surface area contributed by atoms with Crippen LogP contribution in [0.3, 0.4) is 0 Å². The van der Waals surface area contributed by atoms with E-state index in [9.17, 15) is 9.59 Å². The first-order chi connectivity index (χ1) is 13.5. The Kier molecular flexibility index (Phi) is 7.27. The number of fused-ring (bicyclic) bond motifs is 1. The maximum atomic E-state index is 13.2. The molecule has 0 aromatic heterocycles. The third kappa shape index (κ3) is 5.02. The van der Waals surface area contributed by atoms with Crippen molar-refractivity contribution in [2.75, 3.05) is 18.6 Å². The van der Waals surface area contributed by atoms with E-state index in [0.29, 0.717) is 30.1 Å². The number of hydrogen-bond donors (Lipinski definition) is 1. The molecule has 7 heteroatoms. The van der Waals surface area contributed by atoms with Crippen LogP contribution in [0.2, 0.25) is 10.0 Å². The van der Waals surface area contributed by atoms with Gasteiger partial charge in [-0.1, -0.05) is 47.5 Å². The van der Waals surface area contributed by atoms with Gasteiger partial charge in [-0.3, -0.25) is 9.59 Å². The van der Waals surface area contributed by atoms with Crippen LogP contribution in [0.25, 0.3) is 0 Å². The fraction of sp³-hybridized carbons (Fsp3) is 0.333. The second kappa shape index (κ2) is 9.68. The van der Waals surface area contributed by atoms with Crippen molar-refractivity contribution in [3.8, 4) is 0 Å². The lowest BCUT2D eigenvalue weighted by atomic mass is 9.99. The predicted molar refractivity (Wildman–Crippen MR) is 116 cm³/mol. The van der Waals surface area contributed by atoms with E-state index in [2.05, 4.69) is 17.4 Å². The Morgan fingerprint density at radius 1 is 1.18 bits per heavy atom. The number of amides is 2. The van der Waals surface area contributed by atoms with E-state index >= 15 is 0 Å². The summed E-state index contributed by atoms with van der Waals surface area (Å²) < 4.78 is 0. The van der Waals surface area contributed by atoms with Gasteiger partial charge in [0.15, 0.2) is 0 Å². The number of thioether (sulfide) groups is 1. The lowest BCUT2D eigenvalue weighted by Gasteiger charge is -2.32. The molecule has 2 amide bonds. The van der Waals surface area contributed by atoms with Crippen LogP contribution < -0.4 is 5.32 Å². The Hall–Kier alpha value is -1.69. The maximum absolute atomic E-state index is 13.2. The molecule has 28 heavy (non-hydrogen) atoms. The average molecular weight is 437 g/mol. The molecule has 0 fully saturated rings. The molecule has 2 aromatic carbocycles. The first-order valence-electron chi connectivity index (χ1n) is 9.10. The highest BCUT2D eigenvalue weighted by molar-refractivity contribution is 7.98. The molecule has 4 nitrogen and oxygen atoms in total. The van der Waals surface area contributed by atoms with Crippen LogP contribution in [0.4, 0.5) is 0 Å². The Morgan fingerprint density at radius 3 is 2.64 bits per heavy atom. The number of benzene rings is 2. The summed E-state index contributed by atoms with van der Waals surface area (Å²) in [6, 6.07) is 12.3. The normalized spacial score (nSPS) is 14.3. The molecule has 1 aliphatic heterocycles. The molecule has 0 bridgehead atoms. The molecule has 1 heterocycles. The van der Waals surface area contributed by atoms with Crippen LogP contribution in [0.1, 0.15) is 27.9 Å². The van der Waals surface area contributed by atoms with Crippen molar-refractivity contribution in [2.45, 2.75) is 25.4 Å². The van der Waals surface area contributed by atoms with Gasteiger partial charge in [0, 0.05) is 18.1 Å². The molecular weight excluding hydrogens is 415 g/mol. The van der Waals surface area contributed by atoms with E-state index in [0.717, 1.165) is 17.7 Å². The molecule has 1 aliphatic rings. The number of nitrogens with one attached hydrogen (secondary N) is 1. The SMILES string of the molecule is CSCC[C@@H](NC(=O)c1ccc(Cl)cc1Cl)C(=O)N1CCc2ccccc2C1. The van der Waals surface area contributed by atoms with Crippen molar-refractivity contribution in [1.82, 2.24) is 10.2 Å². The van der Waals surface area contributed by atoms with Crippen LogP contribution >= 0.6 is 35.0 Å². The van der Waals surface area contributed by atoms with Crippen molar-refractivity contribution < 1.29 is 9.59 Å². The highest BCUT2D eigenvalue weighted by Crippen LogP contribution is 2.22. The van der Waals surface area contributed by atoms with Gasteiger partial charge in [-0.05, 0) is 54.2 Å². The van der Waals surface area contributed by atoms with Crippen molar-refractivity contribution in [1.29, 1.82) is 0 Å². The summed E-state index contributed by atoms with van der Waals surface area (Å²) in [4.78, 5) is 27.7. The minimum atomic E-state index is -0.586. The van der Waals surface area contributed by atoms with Crippen LogP contribution in [-0.2, 0) is 17.8 Å². The van der Waals surface area contributed by atoms with Crippen molar-refractivity contribution in [2.24, 2.45) is 0 Å². The second-order valence-corrected chi connectivity index (χ2v) is 8.54. The van der Waals surface area contributed by atoms with Gasteiger partial charge in [-0.15, -0.1) is 0 Å². The zero-order chi connectivity index (χ0) is 20.1. The molecule has 1 atom stereocenters. The zero-order valence-electron chi connectivity index (χ0n) is 15.6. The highest BCUT2D eigenvalue weighted by atomic mass is 35.5. The summed E-state index contributed by atoms with van der Waals surface area (Å²) in [6.45, 7) is 1.23. The van der Waals surface area contributed by atoms with E-state index in [1.807, 2.05) is 23.3 Å². The third-order valence-electron chi connectivity index (χ3n) is 4.83. The standard InChI is InChI=1S/C21H22Cl2N2O2S/c1-28-11-9-19(24-20(26)17-7-6-16(22)12-18(17)23)21(27)25-10-8-14-4-2-3-5-15(14)13-25/h2-7,12,19H,8-11,13H2,1H3,(H,24,26)/t19-/m1/s1. The van der Waals surface area contributed by atoms with Crippen LogP contribution in [0.5, 0.6) is 0 Å². The van der Waals surface area contributed by atoms with Gasteiger partial charge < -0.3 is 10.2 Å². The fourth-order valence-corrected chi connectivity index (χ4v) is 4.27. The van der Waals surface area contributed by atoms with E-state index in [4.69, 9.17) is 23.2 Å². The molecule has 148 valence electrons. The van der Waals surface area contributed by atoms with E-state index < -0.39 is 6.04 Å². The molecule has 0 radical (unpaired) electrons. The van der Waals surface area contributed by atoms with E-state index in [1.165, 1.54) is 11.6 Å². The molecule has 0 aliphatic carbocycles. The molecular formula is C21H22Cl2N2O2S. The Bertz CT molecular complexity index is 875. The minimum Gasteiger partial charge on any atom is -0.340 e. The number of carbonyl (C=O) groups is 2. The second-order valence-electron chi connectivity index (χ2n) is 6.71. The summed E-state index contributed by atoms with van der Waals surface area (Å²) in [5.41, 5.74) is 2.76. The summed E-state index contributed by atoms with van der Waals surface area (Å²) in [6.07, 6.45) is 3.37. The molecule has 3 rings (SSSR count). The minimum absolute atomic E-state index is 0.0537. The number of nitrogens with zero attached hydrogens (tertiary/aromatic N) is 1. The average Bonchev–Trinajstić information content (AvgIpc) is 2.70. The molecule has 1 N–H and O–H groups in total. The number of hydrogen-bond acceptors (Lipinski definition) is 3. The van der Waals surface area contributed by atoms with Gasteiger partial charge in [0.1, 0.15) is 6.04 Å². The zero-order valence-corrected chi connectivity index (χ0v) is 17.9. The molecule has 2 aromatic rings. The van der Waals surface area contributed by atoms with E-state index in [-0.39, 0.29) is 16.8 Å². The topological polar surface area (TPSA) is 49.4 Å². The van der Waals surface area contributed by atoms with Crippen molar-refractivity contribution in [3.05, 3.63) is 69.2 Å². The lowest BCUT2D eigenvalue weighted by molar-refractivity contribution is -0.134. The lowest BCUT2D eigenvalue weighted by Crippen LogP contribution is -2.50. The first kappa shape index (κ1) is 21.0. The molecule has 0 spiro atoms. The van der Waals surface area contributed by atoms with Gasteiger partial charge in [0.2, 0.25) is 5.91 Å². The van der Waals surface area contributed by atoms with Crippen LogP contribution in [-0.4, -0.2) is 41.3 Å². The maximum Gasteiger partial charge on any atom is 0.253 e. The number of carbonyl (C=O) groups excluding carboxylic acids is 2. The summed E-state index contributed by atoms with van der Waals surface area (Å²) in [5.74, 6) is 0.357. The third-order valence-corrected chi connectivity index (χ3v) is 6.02. The Labute approximate surface area is 179 Å². The molecule has 0 unspecified atom stereocenters. The fourth-order valence-electron chi connectivity index (χ4n) is 3.31. The predicted octanol–water partition coefficient (Wildman–Crippen LogP) is 4.43. The first-order valence-corrected chi connectivity index (χ1v) is 11.2. The van der Waals surface area contributed by atoms with Gasteiger partial charge in [0.25, 0.3) is 5.91 Å². The highest BCUT2D eigenvalue weighted by Gasteiger charge is 2.28.